The van der Waals surface area contributed by atoms with Crippen molar-refractivity contribution in [3.05, 3.63) is 51.3 Å². The number of H-pyrrole nitrogens is 2. The van der Waals surface area contributed by atoms with Crippen molar-refractivity contribution in [1.82, 2.24) is 25.0 Å². The molecule has 106 valence electrons. The number of hydrogen-bond acceptors (Lipinski definition) is 4. The Morgan fingerprint density at radius 3 is 2.52 bits per heavy atom. The number of aromatic amines is 2. The largest absolute Gasteiger partial charge is 0.303 e. The molecule has 1 aromatic carbocycles. The molecule has 0 bridgehead atoms. The second-order valence-corrected chi connectivity index (χ2v) is 4.80. The molecule has 0 aliphatic carbocycles. The lowest BCUT2D eigenvalue weighted by atomic mass is 10.1. The van der Waals surface area contributed by atoms with E-state index in [0.717, 1.165) is 0 Å². The predicted octanol–water partition coefficient (Wildman–Crippen LogP) is 2.03. The Labute approximate surface area is 123 Å². The van der Waals surface area contributed by atoms with E-state index in [1.807, 2.05) is 0 Å². The highest BCUT2D eigenvalue weighted by Gasteiger charge is 2.12. The molecule has 0 aliphatic rings. The molecule has 0 unspecified atom stereocenters. The van der Waals surface area contributed by atoms with Crippen LogP contribution in [-0.4, -0.2) is 25.0 Å². The molecule has 8 heteroatoms. The average Bonchev–Trinajstić information content (AvgIpc) is 2.81. The first-order valence-corrected chi connectivity index (χ1v) is 6.44. The molecule has 3 aromatic rings. The van der Waals surface area contributed by atoms with Crippen LogP contribution in [0.2, 0.25) is 0 Å². The Morgan fingerprint density at radius 2 is 1.90 bits per heavy atom. The van der Waals surface area contributed by atoms with E-state index in [1.165, 1.54) is 12.1 Å². The van der Waals surface area contributed by atoms with Crippen LogP contribution < -0.4 is 5.56 Å². The normalized spacial score (nSPS) is 10.8. The lowest BCUT2D eigenvalue weighted by Gasteiger charge is -2.03. The zero-order chi connectivity index (χ0) is 15.0. The third-order valence-electron chi connectivity index (χ3n) is 3.06. The summed E-state index contributed by atoms with van der Waals surface area (Å²) in [5.74, 6) is 0.0739. The Balaban J connectivity index is 2.17. The molecule has 6 nitrogen and oxygen atoms in total. The summed E-state index contributed by atoms with van der Waals surface area (Å²) in [4.78, 5) is 11.9. The van der Waals surface area contributed by atoms with Crippen molar-refractivity contribution < 1.29 is 4.39 Å². The molecule has 21 heavy (non-hydrogen) atoms. The highest BCUT2D eigenvalue weighted by molar-refractivity contribution is 7.71. The second kappa shape index (κ2) is 5.06. The number of rotatable bonds is 2. The second-order valence-electron chi connectivity index (χ2n) is 4.41. The van der Waals surface area contributed by atoms with Crippen LogP contribution in [0.5, 0.6) is 0 Å². The molecule has 2 heterocycles. The Bertz CT molecular complexity index is 909. The van der Waals surface area contributed by atoms with E-state index in [4.69, 9.17) is 12.2 Å². The van der Waals surface area contributed by atoms with Crippen molar-refractivity contribution in [2.45, 2.75) is 0 Å². The van der Waals surface area contributed by atoms with Gasteiger partial charge in [-0.3, -0.25) is 9.89 Å². The summed E-state index contributed by atoms with van der Waals surface area (Å²) in [6, 6.07) is 7.43. The van der Waals surface area contributed by atoms with E-state index in [1.54, 1.807) is 29.8 Å². The maximum atomic E-state index is 13.0. The SMILES string of the molecule is Cn1c(-c2cc(-c3ccc(F)cc3)n[nH]c2=O)n[nH]c1=S. The van der Waals surface area contributed by atoms with Crippen molar-refractivity contribution in [1.29, 1.82) is 0 Å². The van der Waals surface area contributed by atoms with Gasteiger partial charge in [0, 0.05) is 12.6 Å². The summed E-state index contributed by atoms with van der Waals surface area (Å²) in [6.45, 7) is 0. The summed E-state index contributed by atoms with van der Waals surface area (Å²) in [5.41, 5.74) is 1.15. The van der Waals surface area contributed by atoms with Gasteiger partial charge in [-0.25, -0.2) is 9.49 Å². The van der Waals surface area contributed by atoms with Crippen LogP contribution in [0.15, 0.2) is 35.1 Å². The van der Waals surface area contributed by atoms with E-state index < -0.39 is 0 Å². The van der Waals surface area contributed by atoms with E-state index in [9.17, 15) is 9.18 Å². The number of benzene rings is 1. The topological polar surface area (TPSA) is 79.4 Å². The van der Waals surface area contributed by atoms with Gasteiger partial charge in [-0.1, -0.05) is 0 Å². The molecule has 0 spiro atoms. The summed E-state index contributed by atoms with van der Waals surface area (Å²) in [6.07, 6.45) is 0. The molecule has 0 amide bonds. The summed E-state index contributed by atoms with van der Waals surface area (Å²) in [7, 11) is 1.71. The van der Waals surface area contributed by atoms with E-state index in [0.29, 0.717) is 27.4 Å². The fourth-order valence-electron chi connectivity index (χ4n) is 1.93. The van der Waals surface area contributed by atoms with Gasteiger partial charge in [0.25, 0.3) is 5.56 Å². The molecule has 0 fully saturated rings. The van der Waals surface area contributed by atoms with Crippen LogP contribution in [-0.2, 0) is 7.05 Å². The van der Waals surface area contributed by atoms with Gasteiger partial charge in [-0.05, 0) is 42.5 Å². The Morgan fingerprint density at radius 1 is 1.19 bits per heavy atom. The van der Waals surface area contributed by atoms with Gasteiger partial charge in [0.05, 0.1) is 11.3 Å². The molecule has 0 radical (unpaired) electrons. The lowest BCUT2D eigenvalue weighted by molar-refractivity contribution is 0.628. The summed E-state index contributed by atoms with van der Waals surface area (Å²) < 4.78 is 15.0. The average molecular weight is 303 g/mol. The highest BCUT2D eigenvalue weighted by atomic mass is 32.1. The summed E-state index contributed by atoms with van der Waals surface area (Å²) >= 11 is 5.03. The first-order chi connectivity index (χ1) is 10.1. The summed E-state index contributed by atoms with van der Waals surface area (Å²) in [5, 5.41) is 13.0. The van der Waals surface area contributed by atoms with Gasteiger partial charge in [-0.2, -0.15) is 10.2 Å². The van der Waals surface area contributed by atoms with Gasteiger partial charge < -0.3 is 4.57 Å². The van der Waals surface area contributed by atoms with Crippen molar-refractivity contribution >= 4 is 12.2 Å². The maximum absolute atomic E-state index is 13.0. The van der Waals surface area contributed by atoms with Crippen molar-refractivity contribution in [2.24, 2.45) is 7.05 Å². The zero-order valence-electron chi connectivity index (χ0n) is 10.9. The quantitative estimate of drug-likeness (QED) is 0.710. The molecule has 2 N–H and O–H groups in total. The molecule has 0 saturated heterocycles. The fourth-order valence-corrected chi connectivity index (χ4v) is 2.06. The van der Waals surface area contributed by atoms with Gasteiger partial charge >= 0.3 is 0 Å². The van der Waals surface area contributed by atoms with Crippen LogP contribution in [0.4, 0.5) is 4.39 Å². The van der Waals surface area contributed by atoms with Gasteiger partial charge in [0.2, 0.25) is 0 Å². The van der Waals surface area contributed by atoms with E-state index >= 15 is 0 Å². The molecule has 0 atom stereocenters. The molecular weight excluding hydrogens is 293 g/mol. The van der Waals surface area contributed by atoms with Crippen molar-refractivity contribution in [3.8, 4) is 22.6 Å². The molecule has 0 saturated carbocycles. The van der Waals surface area contributed by atoms with Crippen LogP contribution in [0, 0.1) is 10.6 Å². The van der Waals surface area contributed by atoms with Gasteiger partial charge in [0.1, 0.15) is 5.82 Å². The number of nitrogens with one attached hydrogen (secondary N) is 2. The van der Waals surface area contributed by atoms with Crippen molar-refractivity contribution in [2.75, 3.05) is 0 Å². The number of hydrogen-bond donors (Lipinski definition) is 2. The highest BCUT2D eigenvalue weighted by Crippen LogP contribution is 2.20. The smallest absolute Gasteiger partial charge is 0.275 e. The predicted molar refractivity (Wildman–Crippen MR) is 77.6 cm³/mol. The van der Waals surface area contributed by atoms with Crippen molar-refractivity contribution in [3.63, 3.8) is 0 Å². The van der Waals surface area contributed by atoms with Crippen LogP contribution in [0.1, 0.15) is 0 Å². The first kappa shape index (κ1) is 13.4. The van der Waals surface area contributed by atoms with Gasteiger partial charge in [0.15, 0.2) is 10.6 Å². The van der Waals surface area contributed by atoms with Crippen LogP contribution >= 0.6 is 12.2 Å². The molecule has 2 aromatic heterocycles. The number of nitrogens with zero attached hydrogens (tertiary/aromatic N) is 3. The minimum Gasteiger partial charge on any atom is -0.303 e. The monoisotopic (exact) mass is 303 g/mol. The lowest BCUT2D eigenvalue weighted by Crippen LogP contribution is -2.13. The minimum absolute atomic E-state index is 0.333. The Kier molecular flexibility index (Phi) is 3.22. The fraction of sp³-hybridized carbons (Fsp3) is 0.0769. The van der Waals surface area contributed by atoms with E-state index in [-0.39, 0.29) is 11.4 Å². The first-order valence-electron chi connectivity index (χ1n) is 6.03. The van der Waals surface area contributed by atoms with Gasteiger partial charge in [-0.15, -0.1) is 0 Å². The standard InChI is InChI=1S/C13H10FN5OS/c1-19-11(16-18-13(19)21)9-6-10(15-17-12(9)20)7-2-4-8(14)5-3-7/h2-6H,1H3,(H,17,20)(H,18,21). The van der Waals surface area contributed by atoms with E-state index in [2.05, 4.69) is 20.4 Å². The molecule has 0 aliphatic heterocycles. The zero-order valence-corrected chi connectivity index (χ0v) is 11.7. The molecule has 3 rings (SSSR count). The Hall–Kier alpha value is -2.61. The van der Waals surface area contributed by atoms with Crippen LogP contribution in [0.25, 0.3) is 22.6 Å². The maximum Gasteiger partial charge on any atom is 0.275 e. The third-order valence-corrected chi connectivity index (χ3v) is 3.43. The minimum atomic E-state index is -0.377. The van der Waals surface area contributed by atoms with Crippen LogP contribution in [0.3, 0.4) is 0 Å². The third kappa shape index (κ3) is 2.40. The number of halogens is 1. The molecular formula is C13H10FN5OS. The number of aromatic nitrogens is 5.